The predicted molar refractivity (Wildman–Crippen MR) is 331 cm³/mol. The second kappa shape index (κ2) is 23.8. The van der Waals surface area contributed by atoms with Gasteiger partial charge in [-0.05, 0) is 83.9 Å². The molecule has 0 bridgehead atoms. The maximum Gasteiger partial charge on any atom is 0.328 e. The molecule has 2 atom stereocenters. The smallest absolute Gasteiger partial charge is 0.328 e. The summed E-state index contributed by atoms with van der Waals surface area (Å²) in [6.45, 7) is -1.62. The molecule has 0 amide bonds. The first-order valence-electron chi connectivity index (χ1n) is 25.5. The Morgan fingerprint density at radius 1 is 0.452 bits per heavy atom. The molecule has 0 saturated carbocycles. The molecule has 0 saturated heterocycles. The highest BCUT2D eigenvalue weighted by atomic mass is 35.5. The number of nitriles is 2. The van der Waals surface area contributed by atoms with E-state index in [4.69, 9.17) is 74.7 Å². The lowest BCUT2D eigenvalue weighted by molar-refractivity contribution is 0.438. The minimum absolute atomic E-state index is 0.00121. The number of fused-ring (bicyclic) bond motifs is 3. The summed E-state index contributed by atoms with van der Waals surface area (Å²) in [4.78, 5) is 19.8. The second-order valence-corrected chi connectivity index (χ2v) is 21.7. The van der Waals surface area contributed by atoms with E-state index >= 15 is 0 Å². The summed E-state index contributed by atoms with van der Waals surface area (Å²) in [5.41, 5.74) is 6.61. The van der Waals surface area contributed by atoms with Crippen molar-refractivity contribution in [2.24, 2.45) is 0 Å². The molecule has 0 aliphatic heterocycles. The van der Waals surface area contributed by atoms with Gasteiger partial charge in [0, 0.05) is 22.2 Å². The van der Waals surface area contributed by atoms with Crippen LogP contribution in [0.1, 0.15) is 11.4 Å². The van der Waals surface area contributed by atoms with E-state index < -0.39 is 36.4 Å². The summed E-state index contributed by atoms with van der Waals surface area (Å²) in [6, 6.07) is 63.0. The van der Waals surface area contributed by atoms with Crippen molar-refractivity contribution in [1.82, 2.24) is 28.9 Å². The molecule has 4 aromatic heterocycles. The van der Waals surface area contributed by atoms with Gasteiger partial charge in [-0.15, -0.1) is 0 Å². The van der Waals surface area contributed by atoms with Gasteiger partial charge >= 0.3 is 13.7 Å². The highest BCUT2D eigenvalue weighted by Gasteiger charge is 2.37. The van der Waals surface area contributed by atoms with Gasteiger partial charge in [-0.1, -0.05) is 190 Å². The summed E-state index contributed by atoms with van der Waals surface area (Å²) in [7, 11) is 0. The lowest BCUT2D eigenvalue weighted by Crippen LogP contribution is -2.54. The predicted octanol–water partition coefficient (Wildman–Crippen LogP) is 9.38. The van der Waals surface area contributed by atoms with Crippen LogP contribution in [0.15, 0.2) is 207 Å². The number of rotatable bonds is 14. The number of hydrogen-bond acceptors (Lipinski definition) is 12. The molecule has 2 unspecified atom stereocenters. The average Bonchev–Trinajstić information content (AvgIpc) is 1.72. The van der Waals surface area contributed by atoms with Gasteiger partial charge in [0.1, 0.15) is 68.9 Å². The summed E-state index contributed by atoms with van der Waals surface area (Å²) in [5, 5.41) is 26.8. The maximum atomic E-state index is 12.2. The number of benzene rings is 8. The SMILES string of the molecule is N#C/C(c1cnc2cc(Cl)c(Cl)cc2n1)=c1\c2c(-c3ccc(OS(=O)[O-])cc3)n(B(c3ccccc3)c3ccccc3)/c(=C(/C#N)c3cnc4cc(Cl)c(Cl)cc4n3)c2c(-c2ccc(OS(=O)[O-])cc2)n1B(c1ccccc1)c1ccccc1. The van der Waals surface area contributed by atoms with E-state index in [0.29, 0.717) is 55.4 Å². The van der Waals surface area contributed by atoms with Crippen LogP contribution in [-0.2, 0) is 22.7 Å². The molecular formula is C62H34B2Cl4N8O6S2-2. The molecule has 0 aliphatic carbocycles. The van der Waals surface area contributed by atoms with Crippen LogP contribution in [0.3, 0.4) is 0 Å². The standard InChI is InChI=1S/C62H36B2Cl4N8O6S2/c65-47-29-51-53(31-49(47)67)73-55(35-71-51)45(33-69)61-58-57(59(37-21-25-43(26-22-37)81-83(77)78)75(61)63(39-13-5-1-6-14-39)40-15-7-2-8-16-40)62(46(34-70)56-36-72-52-30-48(66)50(68)32-54(52)74-56)76(60(58)38-23-27-44(28-24-38)82-84(79)80)64(41-17-9-3-10-18-41)42-19-11-4-12-20-42/h1-32,35-36H,(H,77,78)(H,79,80)/p-2/b61-45-,62-46-. The average molecular weight is 1210 g/mol. The van der Waals surface area contributed by atoms with Crippen LogP contribution in [0.5, 0.6) is 11.5 Å². The van der Waals surface area contributed by atoms with Gasteiger partial charge in [0.15, 0.2) is 0 Å². The fourth-order valence-electron chi connectivity index (χ4n) is 10.7. The Morgan fingerprint density at radius 3 is 1.04 bits per heavy atom. The molecule has 8 aromatic carbocycles. The van der Waals surface area contributed by atoms with Crippen LogP contribution in [0, 0.1) is 22.7 Å². The summed E-state index contributed by atoms with van der Waals surface area (Å²) in [6.07, 6.45) is 2.98. The van der Waals surface area contributed by atoms with Crippen LogP contribution in [0.2, 0.25) is 20.1 Å². The van der Waals surface area contributed by atoms with E-state index in [1.807, 2.05) is 130 Å². The van der Waals surface area contributed by atoms with Crippen LogP contribution in [0.25, 0.3) is 66.5 Å². The minimum Gasteiger partial charge on any atom is -0.740 e. The highest BCUT2D eigenvalue weighted by Crippen LogP contribution is 2.38. The van der Waals surface area contributed by atoms with Crippen molar-refractivity contribution in [1.29, 1.82) is 10.5 Å². The molecule has 406 valence electrons. The molecule has 22 heteroatoms. The van der Waals surface area contributed by atoms with E-state index in [-0.39, 0.29) is 64.8 Å². The van der Waals surface area contributed by atoms with Crippen molar-refractivity contribution >= 4 is 149 Å². The van der Waals surface area contributed by atoms with Crippen molar-refractivity contribution in [3.8, 4) is 46.2 Å². The molecule has 0 aliphatic rings. The molecule has 4 heterocycles. The highest BCUT2D eigenvalue weighted by molar-refractivity contribution is 7.74. The van der Waals surface area contributed by atoms with Gasteiger partial charge in [0.2, 0.25) is 0 Å². The van der Waals surface area contributed by atoms with Crippen LogP contribution < -0.4 is 40.9 Å². The van der Waals surface area contributed by atoms with Crippen molar-refractivity contribution in [2.75, 3.05) is 0 Å². The van der Waals surface area contributed by atoms with Gasteiger partial charge in [-0.3, -0.25) is 9.97 Å². The lowest BCUT2D eigenvalue weighted by Gasteiger charge is -2.24. The Balaban J connectivity index is 1.44. The number of aromatic nitrogens is 6. The molecule has 84 heavy (non-hydrogen) atoms. The third kappa shape index (κ3) is 10.6. The number of halogens is 4. The van der Waals surface area contributed by atoms with Gasteiger partial charge < -0.3 is 26.4 Å². The van der Waals surface area contributed by atoms with Gasteiger partial charge in [0.05, 0.1) is 65.2 Å². The lowest BCUT2D eigenvalue weighted by atomic mass is 9.50. The fraction of sp³-hybridized carbons (Fsp3) is 0. The Kier molecular flexibility index (Phi) is 15.7. The molecule has 14 nitrogen and oxygen atoms in total. The Morgan fingerprint density at radius 2 is 0.750 bits per heavy atom. The summed E-state index contributed by atoms with van der Waals surface area (Å²) in [5.74, 6) is 0.00241. The first-order chi connectivity index (χ1) is 40.9. The van der Waals surface area contributed by atoms with Gasteiger partial charge in [-0.2, -0.15) is 10.5 Å². The fourth-order valence-corrected chi connectivity index (χ4v) is 11.9. The topological polar surface area (TPSA) is 208 Å². The normalized spacial score (nSPS) is 12.8. The zero-order chi connectivity index (χ0) is 58.2. The zero-order valence-corrected chi connectivity index (χ0v) is 47.8. The first kappa shape index (κ1) is 55.6. The quantitative estimate of drug-likeness (QED) is 0.0737. The second-order valence-electron chi connectivity index (χ2n) is 19.0. The third-order valence-corrected chi connectivity index (χ3v) is 16.2. The largest absolute Gasteiger partial charge is 0.740 e. The van der Waals surface area contributed by atoms with E-state index in [1.165, 1.54) is 36.7 Å². The van der Waals surface area contributed by atoms with Gasteiger partial charge in [0.25, 0.3) is 0 Å². The van der Waals surface area contributed by atoms with Crippen molar-refractivity contribution in [3.63, 3.8) is 0 Å². The number of hydrogen-bond donors (Lipinski definition) is 0. The van der Waals surface area contributed by atoms with Crippen LogP contribution >= 0.6 is 46.4 Å². The molecule has 0 spiro atoms. The monoisotopic (exact) mass is 1210 g/mol. The minimum atomic E-state index is -2.94. The molecule has 0 fully saturated rings. The van der Waals surface area contributed by atoms with Crippen molar-refractivity contribution in [3.05, 3.63) is 249 Å². The van der Waals surface area contributed by atoms with E-state index in [0.717, 1.165) is 21.9 Å². The molecule has 0 N–H and O–H groups in total. The molecule has 0 radical (unpaired) electrons. The molecule has 12 aromatic rings. The first-order valence-corrected chi connectivity index (χ1v) is 29.0. The zero-order valence-electron chi connectivity index (χ0n) is 43.1. The molecular weight excluding hydrogens is 1180 g/mol. The Bertz CT molecular complexity index is 4450. The van der Waals surface area contributed by atoms with E-state index in [9.17, 15) is 28.0 Å². The third-order valence-electron chi connectivity index (χ3n) is 14.1. The summed E-state index contributed by atoms with van der Waals surface area (Å²) >= 11 is 20.5. The van der Waals surface area contributed by atoms with Crippen LogP contribution in [-0.4, -0.2) is 60.1 Å². The van der Waals surface area contributed by atoms with E-state index in [2.05, 4.69) is 12.1 Å². The van der Waals surface area contributed by atoms with Crippen LogP contribution in [0.4, 0.5) is 0 Å². The van der Waals surface area contributed by atoms with Gasteiger partial charge in [-0.25, -0.2) is 18.4 Å². The molecule has 12 rings (SSSR count). The van der Waals surface area contributed by atoms with E-state index in [1.54, 1.807) is 48.5 Å². The Hall–Kier alpha value is -8.91. The number of nitrogens with zero attached hydrogens (tertiary/aromatic N) is 8. The summed E-state index contributed by atoms with van der Waals surface area (Å²) < 4.78 is 62.8. The van der Waals surface area contributed by atoms with Crippen molar-refractivity contribution < 1.29 is 25.9 Å². The van der Waals surface area contributed by atoms with Crippen molar-refractivity contribution in [2.45, 2.75) is 0 Å². The Labute approximate surface area is 505 Å². The maximum absolute atomic E-state index is 12.2.